The van der Waals surface area contributed by atoms with E-state index in [1.807, 2.05) is 30.3 Å². The average molecular weight is 241 g/mol. The van der Waals surface area contributed by atoms with Crippen LogP contribution in [0.2, 0.25) is 0 Å². The van der Waals surface area contributed by atoms with Crippen LogP contribution in [-0.2, 0) is 0 Å². The van der Waals surface area contributed by atoms with E-state index in [1.54, 1.807) is 7.11 Å². The average Bonchev–Trinajstić information content (AvgIpc) is 2.78. The van der Waals surface area contributed by atoms with Gasteiger partial charge in [0.1, 0.15) is 10.4 Å². The molecule has 2 aromatic rings. The van der Waals surface area contributed by atoms with E-state index < -0.39 is 0 Å². The molecule has 2 rings (SSSR count). The molecular formula is C10H9ClN2OS. The van der Waals surface area contributed by atoms with Gasteiger partial charge in [0.2, 0.25) is 0 Å². The normalized spacial score (nSPS) is 12.4. The zero-order chi connectivity index (χ0) is 10.7. The first-order chi connectivity index (χ1) is 7.31. The summed E-state index contributed by atoms with van der Waals surface area (Å²) in [4.78, 5) is 0. The van der Waals surface area contributed by atoms with Crippen molar-refractivity contribution in [2.24, 2.45) is 0 Å². The number of methoxy groups -OCH3 is 1. The highest BCUT2D eigenvalue weighted by molar-refractivity contribution is 7.13. The van der Waals surface area contributed by atoms with E-state index in [0.717, 1.165) is 10.6 Å². The van der Waals surface area contributed by atoms with Gasteiger partial charge in [0.15, 0.2) is 0 Å². The quantitative estimate of drug-likeness (QED) is 0.774. The lowest BCUT2D eigenvalue weighted by Crippen LogP contribution is -1.91. The molecule has 78 valence electrons. The molecule has 0 amide bonds. The first-order valence-corrected chi connectivity index (χ1v) is 5.63. The van der Waals surface area contributed by atoms with Crippen molar-refractivity contribution in [2.45, 2.75) is 5.38 Å². The molecule has 0 fully saturated rings. The third-order valence-electron chi connectivity index (χ3n) is 1.91. The molecular weight excluding hydrogens is 232 g/mol. The second kappa shape index (κ2) is 4.59. The maximum Gasteiger partial charge on any atom is 0.293 e. The zero-order valence-corrected chi connectivity index (χ0v) is 9.63. The van der Waals surface area contributed by atoms with Crippen molar-refractivity contribution in [3.05, 3.63) is 40.9 Å². The first kappa shape index (κ1) is 10.4. The SMILES string of the molecule is COc1nnc(C(Cl)c2ccccc2)s1. The molecule has 0 spiro atoms. The molecule has 0 bridgehead atoms. The fraction of sp³-hybridized carbons (Fsp3) is 0.200. The predicted octanol–water partition coefficient (Wildman–Crippen LogP) is 2.87. The Labute approximate surface area is 96.7 Å². The van der Waals surface area contributed by atoms with Crippen LogP contribution in [0.1, 0.15) is 15.9 Å². The fourth-order valence-electron chi connectivity index (χ4n) is 1.17. The standard InChI is InChI=1S/C10H9ClN2OS/c1-14-10-13-12-9(15-10)8(11)7-5-3-2-4-6-7/h2-6,8H,1H3. The Morgan fingerprint density at radius 3 is 2.60 bits per heavy atom. The summed E-state index contributed by atoms with van der Waals surface area (Å²) in [5.74, 6) is 0. The minimum atomic E-state index is -0.257. The van der Waals surface area contributed by atoms with Crippen molar-refractivity contribution in [1.82, 2.24) is 10.2 Å². The van der Waals surface area contributed by atoms with Gasteiger partial charge in [0.05, 0.1) is 7.11 Å². The van der Waals surface area contributed by atoms with Crippen LogP contribution in [0.3, 0.4) is 0 Å². The van der Waals surface area contributed by atoms with Gasteiger partial charge in [-0.15, -0.1) is 21.8 Å². The number of benzene rings is 1. The van der Waals surface area contributed by atoms with E-state index in [2.05, 4.69) is 10.2 Å². The summed E-state index contributed by atoms with van der Waals surface area (Å²) in [6, 6.07) is 9.77. The lowest BCUT2D eigenvalue weighted by Gasteiger charge is -2.04. The van der Waals surface area contributed by atoms with E-state index in [4.69, 9.17) is 16.3 Å². The summed E-state index contributed by atoms with van der Waals surface area (Å²) < 4.78 is 4.97. The second-order valence-corrected chi connectivity index (χ2v) is 4.29. The topological polar surface area (TPSA) is 35.0 Å². The number of alkyl halides is 1. The highest BCUT2D eigenvalue weighted by Crippen LogP contribution is 2.32. The third kappa shape index (κ3) is 2.27. The summed E-state index contributed by atoms with van der Waals surface area (Å²) in [5.41, 5.74) is 1.01. The molecule has 0 aliphatic carbocycles. The van der Waals surface area contributed by atoms with Crippen molar-refractivity contribution in [2.75, 3.05) is 7.11 Å². The summed E-state index contributed by atoms with van der Waals surface area (Å²) in [7, 11) is 1.57. The molecule has 1 aromatic heterocycles. The predicted molar refractivity (Wildman–Crippen MR) is 60.6 cm³/mol. The number of hydrogen-bond acceptors (Lipinski definition) is 4. The van der Waals surface area contributed by atoms with Crippen LogP contribution >= 0.6 is 22.9 Å². The molecule has 15 heavy (non-hydrogen) atoms. The number of ether oxygens (including phenoxy) is 1. The maximum atomic E-state index is 6.25. The van der Waals surface area contributed by atoms with Crippen molar-refractivity contribution in [1.29, 1.82) is 0 Å². The van der Waals surface area contributed by atoms with E-state index in [-0.39, 0.29) is 5.38 Å². The first-order valence-electron chi connectivity index (χ1n) is 4.37. The summed E-state index contributed by atoms with van der Waals surface area (Å²) >= 11 is 7.61. The Kier molecular flexibility index (Phi) is 3.18. The van der Waals surface area contributed by atoms with E-state index in [0.29, 0.717) is 5.19 Å². The van der Waals surface area contributed by atoms with E-state index in [1.165, 1.54) is 11.3 Å². The Morgan fingerprint density at radius 2 is 2.00 bits per heavy atom. The zero-order valence-electron chi connectivity index (χ0n) is 8.05. The number of hydrogen-bond donors (Lipinski definition) is 0. The van der Waals surface area contributed by atoms with Gasteiger partial charge in [-0.2, -0.15) is 0 Å². The van der Waals surface area contributed by atoms with Gasteiger partial charge in [-0.3, -0.25) is 0 Å². The van der Waals surface area contributed by atoms with Gasteiger partial charge in [-0.1, -0.05) is 41.7 Å². The van der Waals surface area contributed by atoms with E-state index >= 15 is 0 Å². The lowest BCUT2D eigenvalue weighted by atomic mass is 10.1. The number of nitrogens with zero attached hydrogens (tertiary/aromatic N) is 2. The Bertz CT molecular complexity index is 432. The summed E-state index contributed by atoms with van der Waals surface area (Å²) in [6.07, 6.45) is 0. The van der Waals surface area contributed by atoms with Crippen LogP contribution in [0.15, 0.2) is 30.3 Å². The smallest absolute Gasteiger partial charge is 0.293 e. The van der Waals surface area contributed by atoms with Crippen LogP contribution in [0.5, 0.6) is 5.19 Å². The Balaban J connectivity index is 2.24. The monoisotopic (exact) mass is 240 g/mol. The molecule has 3 nitrogen and oxygen atoms in total. The molecule has 0 saturated heterocycles. The summed E-state index contributed by atoms with van der Waals surface area (Å²) in [5, 5.41) is 8.84. The van der Waals surface area contributed by atoms with Crippen LogP contribution in [0, 0.1) is 0 Å². The van der Waals surface area contributed by atoms with Crippen molar-refractivity contribution < 1.29 is 4.74 Å². The van der Waals surface area contributed by atoms with Crippen LogP contribution in [0.4, 0.5) is 0 Å². The molecule has 0 aliphatic rings. The van der Waals surface area contributed by atoms with Gasteiger partial charge in [-0.05, 0) is 5.56 Å². The van der Waals surface area contributed by atoms with Crippen molar-refractivity contribution in [3.63, 3.8) is 0 Å². The van der Waals surface area contributed by atoms with E-state index in [9.17, 15) is 0 Å². The maximum absolute atomic E-state index is 6.25. The third-order valence-corrected chi connectivity index (χ3v) is 3.44. The molecule has 5 heteroatoms. The molecule has 0 radical (unpaired) electrons. The molecule has 1 heterocycles. The van der Waals surface area contributed by atoms with Gasteiger partial charge in [-0.25, -0.2) is 0 Å². The minimum Gasteiger partial charge on any atom is -0.472 e. The van der Waals surface area contributed by atoms with Crippen molar-refractivity contribution in [3.8, 4) is 5.19 Å². The molecule has 0 N–H and O–H groups in total. The molecule has 1 atom stereocenters. The Morgan fingerprint density at radius 1 is 1.27 bits per heavy atom. The minimum absolute atomic E-state index is 0.257. The number of aromatic nitrogens is 2. The van der Waals surface area contributed by atoms with Gasteiger partial charge >= 0.3 is 0 Å². The number of halogens is 1. The lowest BCUT2D eigenvalue weighted by molar-refractivity contribution is 0.407. The van der Waals surface area contributed by atoms with Crippen LogP contribution in [0.25, 0.3) is 0 Å². The van der Waals surface area contributed by atoms with Gasteiger partial charge < -0.3 is 4.74 Å². The molecule has 0 aliphatic heterocycles. The molecule has 1 unspecified atom stereocenters. The highest BCUT2D eigenvalue weighted by atomic mass is 35.5. The van der Waals surface area contributed by atoms with Crippen LogP contribution < -0.4 is 4.74 Å². The number of rotatable bonds is 3. The summed E-state index contributed by atoms with van der Waals surface area (Å²) in [6.45, 7) is 0. The van der Waals surface area contributed by atoms with Gasteiger partial charge in [0, 0.05) is 0 Å². The van der Waals surface area contributed by atoms with Crippen LogP contribution in [-0.4, -0.2) is 17.3 Å². The molecule has 1 aromatic carbocycles. The van der Waals surface area contributed by atoms with Gasteiger partial charge in [0.25, 0.3) is 5.19 Å². The van der Waals surface area contributed by atoms with Crippen molar-refractivity contribution >= 4 is 22.9 Å². The highest BCUT2D eigenvalue weighted by Gasteiger charge is 2.15. The molecule has 0 saturated carbocycles. The second-order valence-electron chi connectivity index (χ2n) is 2.88. The Hall–Kier alpha value is -1.13. The fourth-order valence-corrected chi connectivity index (χ4v) is 2.16. The largest absolute Gasteiger partial charge is 0.472 e.